The van der Waals surface area contributed by atoms with Gasteiger partial charge in [-0.25, -0.2) is 4.79 Å². The third-order valence-electron chi connectivity index (χ3n) is 6.83. The molecule has 0 aromatic heterocycles. The Morgan fingerprint density at radius 2 is 1.75 bits per heavy atom. The van der Waals surface area contributed by atoms with Crippen molar-refractivity contribution in [2.75, 3.05) is 24.5 Å². The van der Waals surface area contributed by atoms with Crippen LogP contribution in [0.2, 0.25) is 0 Å². The van der Waals surface area contributed by atoms with Crippen molar-refractivity contribution in [3.05, 3.63) is 59.7 Å². The minimum Gasteiger partial charge on any atom is -0.508 e. The zero-order valence-corrected chi connectivity index (χ0v) is 17.7. The van der Waals surface area contributed by atoms with Crippen LogP contribution < -0.4 is 10.6 Å². The summed E-state index contributed by atoms with van der Waals surface area (Å²) in [6.45, 7) is 0.319. The molecule has 2 amide bonds. The number of carboxylic acid groups (broad SMARTS) is 1. The highest BCUT2D eigenvalue weighted by Crippen LogP contribution is 2.41. The lowest BCUT2D eigenvalue weighted by molar-refractivity contribution is -0.141. The number of carbonyl (C=O) groups is 3. The summed E-state index contributed by atoms with van der Waals surface area (Å²) in [5.74, 6) is -1.24. The van der Waals surface area contributed by atoms with E-state index in [1.165, 1.54) is 17.0 Å². The van der Waals surface area contributed by atoms with Gasteiger partial charge in [0.05, 0.1) is 5.56 Å². The summed E-state index contributed by atoms with van der Waals surface area (Å²) >= 11 is 0. The number of amides is 2. The van der Waals surface area contributed by atoms with Crippen LogP contribution in [0.5, 0.6) is 5.75 Å². The van der Waals surface area contributed by atoms with Crippen molar-refractivity contribution in [2.24, 2.45) is 5.73 Å². The molecule has 0 spiro atoms. The highest BCUT2D eigenvalue weighted by atomic mass is 16.4. The second-order valence-electron chi connectivity index (χ2n) is 8.62. The van der Waals surface area contributed by atoms with Crippen LogP contribution in [0.15, 0.2) is 48.5 Å². The van der Waals surface area contributed by atoms with E-state index in [0.29, 0.717) is 12.2 Å². The van der Waals surface area contributed by atoms with Gasteiger partial charge in [0.25, 0.3) is 0 Å². The topological polar surface area (TPSA) is 124 Å². The highest BCUT2D eigenvalue weighted by Gasteiger charge is 2.41. The number of nitrogens with zero attached hydrogens (tertiary/aromatic N) is 2. The predicted octanol–water partition coefficient (Wildman–Crippen LogP) is 2.10. The lowest BCUT2D eigenvalue weighted by Gasteiger charge is -2.45. The minimum atomic E-state index is -1.08. The maximum Gasteiger partial charge on any atom is 0.335 e. The van der Waals surface area contributed by atoms with E-state index in [2.05, 4.69) is 0 Å². The van der Waals surface area contributed by atoms with Gasteiger partial charge in [-0.05, 0) is 61.6 Å². The van der Waals surface area contributed by atoms with Crippen molar-refractivity contribution in [2.45, 2.75) is 37.1 Å². The number of piperazine rings is 1. The van der Waals surface area contributed by atoms with E-state index in [-0.39, 0.29) is 47.7 Å². The number of phenols is 1. The van der Waals surface area contributed by atoms with Crippen LogP contribution in [-0.2, 0) is 15.0 Å². The van der Waals surface area contributed by atoms with Crippen LogP contribution in [0.4, 0.5) is 5.69 Å². The van der Waals surface area contributed by atoms with Gasteiger partial charge in [0.1, 0.15) is 18.8 Å². The standard InChI is InChI=1S/C24H27N3O5/c25-15-24(17-4-2-6-20(28)12-17)9-7-18(8-10-24)26-13-22(30)27(14-21(26)29)19-5-1-3-16(11-19)23(31)32/h1-6,11-12,18,28H,7-10,13-15,25H2,(H,31,32). The fourth-order valence-corrected chi connectivity index (χ4v) is 4.92. The van der Waals surface area contributed by atoms with Crippen molar-refractivity contribution < 1.29 is 24.6 Å². The first-order valence-corrected chi connectivity index (χ1v) is 10.8. The molecule has 8 nitrogen and oxygen atoms in total. The maximum atomic E-state index is 12.9. The first-order chi connectivity index (χ1) is 15.3. The van der Waals surface area contributed by atoms with Gasteiger partial charge in [0.15, 0.2) is 0 Å². The van der Waals surface area contributed by atoms with Gasteiger partial charge in [-0.1, -0.05) is 18.2 Å². The smallest absolute Gasteiger partial charge is 0.335 e. The van der Waals surface area contributed by atoms with E-state index in [9.17, 15) is 24.6 Å². The summed E-state index contributed by atoms with van der Waals surface area (Å²) in [4.78, 5) is 40.0. The van der Waals surface area contributed by atoms with Crippen molar-refractivity contribution in [1.29, 1.82) is 0 Å². The maximum absolute atomic E-state index is 12.9. The molecule has 4 rings (SSSR count). The molecule has 2 fully saturated rings. The Morgan fingerprint density at radius 3 is 2.41 bits per heavy atom. The summed E-state index contributed by atoms with van der Waals surface area (Å²) in [5, 5.41) is 19.1. The summed E-state index contributed by atoms with van der Waals surface area (Å²) in [7, 11) is 0. The molecule has 1 saturated heterocycles. The summed E-state index contributed by atoms with van der Waals surface area (Å²) in [6.07, 6.45) is 2.97. The van der Waals surface area contributed by atoms with Crippen LogP contribution in [0, 0.1) is 0 Å². The second-order valence-corrected chi connectivity index (χ2v) is 8.62. The van der Waals surface area contributed by atoms with Crippen LogP contribution >= 0.6 is 0 Å². The Bertz CT molecular complexity index is 1050. The van der Waals surface area contributed by atoms with Crippen LogP contribution in [0.3, 0.4) is 0 Å². The number of phenolic OH excluding ortho intramolecular Hbond substituents is 1. The molecule has 0 radical (unpaired) electrons. The molecule has 0 bridgehead atoms. The fraction of sp³-hybridized carbons (Fsp3) is 0.375. The van der Waals surface area contributed by atoms with Gasteiger partial charge >= 0.3 is 5.97 Å². The van der Waals surface area contributed by atoms with E-state index in [1.807, 2.05) is 12.1 Å². The zero-order valence-electron chi connectivity index (χ0n) is 17.7. The molecule has 1 aliphatic heterocycles. The Labute approximate surface area is 186 Å². The Hall–Kier alpha value is -3.39. The molecule has 0 unspecified atom stereocenters. The molecular weight excluding hydrogens is 410 g/mol. The second kappa shape index (κ2) is 8.63. The minimum absolute atomic E-state index is 0.0252. The average molecular weight is 437 g/mol. The molecule has 1 heterocycles. The van der Waals surface area contributed by atoms with Crippen LogP contribution in [0.1, 0.15) is 41.6 Å². The van der Waals surface area contributed by atoms with E-state index >= 15 is 0 Å². The Balaban J connectivity index is 1.45. The lowest BCUT2D eigenvalue weighted by Crippen LogP contribution is -2.58. The average Bonchev–Trinajstić information content (AvgIpc) is 2.80. The largest absolute Gasteiger partial charge is 0.508 e. The summed E-state index contributed by atoms with van der Waals surface area (Å²) in [5.41, 5.74) is 7.39. The first-order valence-electron chi connectivity index (χ1n) is 10.8. The van der Waals surface area contributed by atoms with Crippen molar-refractivity contribution >= 4 is 23.5 Å². The van der Waals surface area contributed by atoms with Crippen LogP contribution in [0.25, 0.3) is 0 Å². The number of carboxylic acids is 1. The van der Waals surface area contributed by atoms with Gasteiger partial charge in [0.2, 0.25) is 11.8 Å². The number of rotatable bonds is 5. The lowest BCUT2D eigenvalue weighted by atomic mass is 9.68. The monoisotopic (exact) mass is 437 g/mol. The molecular formula is C24H27N3O5. The van der Waals surface area contributed by atoms with Crippen LogP contribution in [-0.4, -0.2) is 58.6 Å². The fourth-order valence-electron chi connectivity index (χ4n) is 4.92. The van der Waals surface area contributed by atoms with Gasteiger partial charge < -0.3 is 25.7 Å². The number of nitrogens with two attached hydrogens (primary N) is 1. The molecule has 168 valence electrons. The molecule has 2 aromatic carbocycles. The number of anilines is 1. The quantitative estimate of drug-likeness (QED) is 0.658. The highest BCUT2D eigenvalue weighted by molar-refractivity contribution is 6.05. The van der Waals surface area contributed by atoms with Crippen molar-refractivity contribution in [3.63, 3.8) is 0 Å². The molecule has 4 N–H and O–H groups in total. The summed E-state index contributed by atoms with van der Waals surface area (Å²) < 4.78 is 0. The van der Waals surface area contributed by atoms with E-state index in [0.717, 1.165) is 31.2 Å². The number of aromatic hydroxyl groups is 1. The number of hydrogen-bond donors (Lipinski definition) is 3. The number of carbonyl (C=O) groups excluding carboxylic acids is 2. The Morgan fingerprint density at radius 1 is 1.03 bits per heavy atom. The number of aromatic carboxylic acids is 1. The van der Waals surface area contributed by atoms with Crippen molar-refractivity contribution in [3.8, 4) is 5.75 Å². The first kappa shape index (κ1) is 21.8. The third-order valence-corrected chi connectivity index (χ3v) is 6.83. The molecule has 0 atom stereocenters. The van der Waals surface area contributed by atoms with Crippen molar-refractivity contribution in [1.82, 2.24) is 4.90 Å². The van der Waals surface area contributed by atoms with Gasteiger partial charge in [0, 0.05) is 23.7 Å². The van der Waals surface area contributed by atoms with Gasteiger partial charge in [-0.3, -0.25) is 9.59 Å². The summed E-state index contributed by atoms with van der Waals surface area (Å²) in [6, 6.07) is 13.2. The number of hydrogen-bond acceptors (Lipinski definition) is 5. The third kappa shape index (κ3) is 4.05. The van der Waals surface area contributed by atoms with E-state index in [4.69, 9.17) is 5.73 Å². The van der Waals surface area contributed by atoms with Gasteiger partial charge in [-0.15, -0.1) is 0 Å². The SMILES string of the molecule is NCC1(c2cccc(O)c2)CCC(N2CC(=O)N(c3cccc(C(=O)O)c3)CC2=O)CC1. The van der Waals surface area contributed by atoms with E-state index in [1.54, 1.807) is 29.2 Å². The number of benzene rings is 2. The zero-order chi connectivity index (χ0) is 22.9. The predicted molar refractivity (Wildman–Crippen MR) is 119 cm³/mol. The molecule has 2 aliphatic rings. The van der Waals surface area contributed by atoms with Gasteiger partial charge in [-0.2, -0.15) is 0 Å². The molecule has 1 saturated carbocycles. The molecule has 1 aliphatic carbocycles. The molecule has 32 heavy (non-hydrogen) atoms. The van der Waals surface area contributed by atoms with E-state index < -0.39 is 5.97 Å². The normalized spacial score (nSPS) is 24.0. The Kier molecular flexibility index (Phi) is 5.88. The molecule has 2 aromatic rings. The molecule has 8 heteroatoms.